The van der Waals surface area contributed by atoms with Gasteiger partial charge in [-0.15, -0.1) is 0 Å². The Labute approximate surface area is 176 Å². The van der Waals surface area contributed by atoms with Crippen LogP contribution < -0.4 is 24.4 Å². The molecule has 2 aromatic carbocycles. The van der Waals surface area contributed by atoms with Gasteiger partial charge in [-0.2, -0.15) is 0 Å². The lowest BCUT2D eigenvalue weighted by Gasteiger charge is -2.31. The lowest BCUT2D eigenvalue weighted by Crippen LogP contribution is -2.41. The molecule has 0 unspecified atom stereocenters. The molecule has 1 aliphatic heterocycles. The highest BCUT2D eigenvalue weighted by atomic mass is 16.5. The molecule has 0 bridgehead atoms. The van der Waals surface area contributed by atoms with Crippen molar-refractivity contribution in [3.63, 3.8) is 0 Å². The average Bonchev–Trinajstić information content (AvgIpc) is 2.74. The van der Waals surface area contributed by atoms with E-state index in [1.807, 2.05) is 19.9 Å². The van der Waals surface area contributed by atoms with Crippen molar-refractivity contribution < 1.29 is 23.8 Å². The zero-order valence-corrected chi connectivity index (χ0v) is 17.6. The molecule has 7 nitrogen and oxygen atoms in total. The number of anilines is 2. The number of ether oxygens (including phenoxy) is 3. The molecule has 0 radical (unpaired) electrons. The first-order valence-electron chi connectivity index (χ1n) is 9.69. The second-order valence-electron chi connectivity index (χ2n) is 7.31. The van der Waals surface area contributed by atoms with Gasteiger partial charge in [0.05, 0.1) is 19.9 Å². The third-order valence-corrected chi connectivity index (χ3v) is 4.55. The number of hydrogen-bond acceptors (Lipinski definition) is 5. The molecule has 1 N–H and O–H groups in total. The van der Waals surface area contributed by atoms with Crippen molar-refractivity contribution >= 4 is 29.3 Å². The Hall–Kier alpha value is -3.48. The largest absolute Gasteiger partial charge is 0.493 e. The van der Waals surface area contributed by atoms with Crippen molar-refractivity contribution in [3.05, 3.63) is 48.0 Å². The van der Waals surface area contributed by atoms with Crippen molar-refractivity contribution in [3.8, 4) is 17.2 Å². The molecule has 1 heterocycles. The SMILES string of the molecule is COc1ccc(/C=C/C(=O)Nc2ccc3c(c2)N(CC(C)C)C(=O)CO3)cc1OC. The number of rotatable bonds is 7. The summed E-state index contributed by atoms with van der Waals surface area (Å²) in [6.45, 7) is 4.71. The summed E-state index contributed by atoms with van der Waals surface area (Å²) in [5, 5.41) is 2.83. The van der Waals surface area contributed by atoms with Gasteiger partial charge in [-0.3, -0.25) is 9.59 Å². The van der Waals surface area contributed by atoms with Crippen molar-refractivity contribution in [2.24, 2.45) is 5.92 Å². The van der Waals surface area contributed by atoms with E-state index in [0.717, 1.165) is 5.56 Å². The van der Waals surface area contributed by atoms with Crippen LogP contribution in [0.4, 0.5) is 11.4 Å². The number of hydrogen-bond donors (Lipinski definition) is 1. The van der Waals surface area contributed by atoms with Gasteiger partial charge in [0.1, 0.15) is 5.75 Å². The van der Waals surface area contributed by atoms with Gasteiger partial charge in [0.25, 0.3) is 5.91 Å². The molecule has 0 aliphatic carbocycles. The Bertz CT molecular complexity index is 968. The quantitative estimate of drug-likeness (QED) is 0.704. The summed E-state index contributed by atoms with van der Waals surface area (Å²) in [7, 11) is 3.13. The summed E-state index contributed by atoms with van der Waals surface area (Å²) in [5.41, 5.74) is 2.06. The van der Waals surface area contributed by atoms with E-state index < -0.39 is 0 Å². The standard InChI is InChI=1S/C23H26N2O5/c1-15(2)13-25-18-12-17(7-9-19(18)30-14-23(25)27)24-22(26)10-6-16-5-8-20(28-3)21(11-16)29-4/h5-12,15H,13-14H2,1-4H3,(H,24,26)/b10-6+. The maximum absolute atomic E-state index is 12.4. The third kappa shape index (κ3) is 4.92. The molecule has 0 saturated heterocycles. The Morgan fingerprint density at radius 2 is 1.93 bits per heavy atom. The molecule has 0 spiro atoms. The zero-order chi connectivity index (χ0) is 21.7. The first kappa shape index (κ1) is 21.2. The lowest BCUT2D eigenvalue weighted by molar-refractivity contribution is -0.121. The predicted molar refractivity (Wildman–Crippen MR) is 116 cm³/mol. The van der Waals surface area contributed by atoms with Crippen LogP contribution >= 0.6 is 0 Å². The molecule has 1 aliphatic rings. The number of carbonyl (C=O) groups is 2. The van der Waals surface area contributed by atoms with Crippen LogP contribution in [0.1, 0.15) is 19.4 Å². The maximum atomic E-state index is 12.4. The van der Waals surface area contributed by atoms with Crippen molar-refractivity contribution in [2.75, 3.05) is 37.6 Å². The van der Waals surface area contributed by atoms with Crippen LogP contribution in [0.15, 0.2) is 42.5 Å². The first-order chi connectivity index (χ1) is 14.4. The van der Waals surface area contributed by atoms with Crippen LogP contribution in [-0.2, 0) is 9.59 Å². The van der Waals surface area contributed by atoms with E-state index in [1.165, 1.54) is 6.08 Å². The van der Waals surface area contributed by atoms with Crippen LogP contribution in [-0.4, -0.2) is 39.2 Å². The topological polar surface area (TPSA) is 77.1 Å². The molecule has 7 heteroatoms. The van der Waals surface area contributed by atoms with E-state index in [9.17, 15) is 9.59 Å². The molecule has 0 aromatic heterocycles. The smallest absolute Gasteiger partial charge is 0.265 e. The molecule has 2 aromatic rings. The zero-order valence-electron chi connectivity index (χ0n) is 17.6. The minimum Gasteiger partial charge on any atom is -0.493 e. The van der Waals surface area contributed by atoms with E-state index in [0.29, 0.717) is 41.1 Å². The summed E-state index contributed by atoms with van der Waals surface area (Å²) in [4.78, 5) is 26.4. The number of fused-ring (bicyclic) bond motifs is 1. The number of amides is 2. The van der Waals surface area contributed by atoms with Gasteiger partial charge in [-0.1, -0.05) is 19.9 Å². The summed E-state index contributed by atoms with van der Waals surface area (Å²) in [5.74, 6) is 1.77. The van der Waals surface area contributed by atoms with E-state index in [4.69, 9.17) is 14.2 Å². The highest BCUT2D eigenvalue weighted by Crippen LogP contribution is 2.35. The second-order valence-corrected chi connectivity index (χ2v) is 7.31. The monoisotopic (exact) mass is 410 g/mol. The molecule has 3 rings (SSSR count). The van der Waals surface area contributed by atoms with Gasteiger partial charge in [0.15, 0.2) is 18.1 Å². The third-order valence-electron chi connectivity index (χ3n) is 4.55. The van der Waals surface area contributed by atoms with E-state index in [1.54, 1.807) is 55.5 Å². The van der Waals surface area contributed by atoms with Crippen LogP contribution in [0.25, 0.3) is 6.08 Å². The molecule has 0 fully saturated rings. The summed E-state index contributed by atoms with van der Waals surface area (Å²) in [6, 6.07) is 10.7. The molecular weight excluding hydrogens is 384 g/mol. The van der Waals surface area contributed by atoms with Crippen LogP contribution in [0.3, 0.4) is 0 Å². The Kier molecular flexibility index (Phi) is 6.61. The Morgan fingerprint density at radius 1 is 1.17 bits per heavy atom. The molecular formula is C23H26N2O5. The highest BCUT2D eigenvalue weighted by Gasteiger charge is 2.26. The fraction of sp³-hybridized carbons (Fsp3) is 0.304. The molecule has 0 saturated carbocycles. The number of nitrogens with one attached hydrogen (secondary N) is 1. The van der Waals surface area contributed by atoms with Crippen LogP contribution in [0.2, 0.25) is 0 Å². The van der Waals surface area contributed by atoms with Gasteiger partial charge in [0, 0.05) is 18.3 Å². The van der Waals surface area contributed by atoms with Crippen molar-refractivity contribution in [1.29, 1.82) is 0 Å². The van der Waals surface area contributed by atoms with Gasteiger partial charge >= 0.3 is 0 Å². The van der Waals surface area contributed by atoms with Crippen LogP contribution in [0.5, 0.6) is 17.2 Å². The normalized spacial score (nSPS) is 13.2. The van der Waals surface area contributed by atoms with E-state index in [2.05, 4.69) is 5.32 Å². The summed E-state index contributed by atoms with van der Waals surface area (Å²) in [6.07, 6.45) is 3.13. The number of nitrogens with zero attached hydrogens (tertiary/aromatic N) is 1. The number of benzene rings is 2. The van der Waals surface area contributed by atoms with Gasteiger partial charge in [-0.05, 0) is 47.9 Å². The van der Waals surface area contributed by atoms with Gasteiger partial charge < -0.3 is 24.4 Å². The predicted octanol–water partition coefficient (Wildman–Crippen LogP) is 3.74. The first-order valence-corrected chi connectivity index (χ1v) is 9.69. The van der Waals surface area contributed by atoms with Crippen molar-refractivity contribution in [2.45, 2.75) is 13.8 Å². The van der Waals surface area contributed by atoms with Gasteiger partial charge in [-0.25, -0.2) is 0 Å². The summed E-state index contributed by atoms with van der Waals surface area (Å²) < 4.78 is 16.0. The Balaban J connectivity index is 1.74. The maximum Gasteiger partial charge on any atom is 0.265 e. The Morgan fingerprint density at radius 3 is 2.63 bits per heavy atom. The number of carbonyl (C=O) groups excluding carboxylic acids is 2. The van der Waals surface area contributed by atoms with E-state index in [-0.39, 0.29) is 18.4 Å². The van der Waals surface area contributed by atoms with Crippen LogP contribution in [0, 0.1) is 5.92 Å². The highest BCUT2D eigenvalue weighted by molar-refractivity contribution is 6.03. The molecule has 0 atom stereocenters. The van der Waals surface area contributed by atoms with Crippen molar-refractivity contribution in [1.82, 2.24) is 0 Å². The minimum atomic E-state index is -0.289. The average molecular weight is 410 g/mol. The lowest BCUT2D eigenvalue weighted by atomic mass is 10.1. The molecule has 30 heavy (non-hydrogen) atoms. The minimum absolute atomic E-state index is 0.0273. The molecule has 2 amide bonds. The molecule has 158 valence electrons. The van der Waals surface area contributed by atoms with E-state index >= 15 is 0 Å². The van der Waals surface area contributed by atoms with Gasteiger partial charge in [0.2, 0.25) is 5.91 Å². The summed E-state index contributed by atoms with van der Waals surface area (Å²) >= 11 is 0. The fourth-order valence-corrected chi connectivity index (χ4v) is 3.16. The fourth-order valence-electron chi connectivity index (χ4n) is 3.16. The second kappa shape index (κ2) is 9.35. The number of methoxy groups -OCH3 is 2.